The second-order valence-corrected chi connectivity index (χ2v) is 3.60. The molecule has 0 heterocycles. The van der Waals surface area contributed by atoms with Crippen molar-refractivity contribution in [1.82, 2.24) is 0 Å². The average molecular weight is 193 g/mol. The van der Waals surface area contributed by atoms with Crippen molar-refractivity contribution in [3.8, 4) is 5.75 Å². The van der Waals surface area contributed by atoms with Crippen LogP contribution in [0.3, 0.4) is 0 Å². The van der Waals surface area contributed by atoms with Crippen LogP contribution in [0.25, 0.3) is 0 Å². The number of nitrogens with two attached hydrogens (primary N) is 1. The fourth-order valence-corrected chi connectivity index (χ4v) is 2.05. The summed E-state index contributed by atoms with van der Waals surface area (Å²) in [6.07, 6.45) is 3.57. The van der Waals surface area contributed by atoms with Gasteiger partial charge in [-0.15, -0.1) is 0 Å². The van der Waals surface area contributed by atoms with Crippen molar-refractivity contribution >= 4 is 0 Å². The third kappa shape index (κ3) is 1.61. The molecule has 1 aromatic rings. The van der Waals surface area contributed by atoms with E-state index >= 15 is 0 Å². The van der Waals surface area contributed by atoms with Crippen LogP contribution in [-0.2, 0) is 24.3 Å². The highest BCUT2D eigenvalue weighted by atomic mass is 16.6. The van der Waals surface area contributed by atoms with Crippen molar-refractivity contribution in [2.75, 3.05) is 7.11 Å². The molecule has 0 radical (unpaired) electrons. The number of benzene rings is 1. The van der Waals surface area contributed by atoms with Crippen molar-refractivity contribution < 1.29 is 9.57 Å². The third-order valence-electron chi connectivity index (χ3n) is 2.73. The Balaban J connectivity index is 2.38. The molecular weight excluding hydrogens is 178 g/mol. The Labute approximate surface area is 83.8 Å². The first kappa shape index (κ1) is 9.49. The van der Waals surface area contributed by atoms with E-state index in [9.17, 15) is 0 Å². The van der Waals surface area contributed by atoms with Crippen LogP contribution in [0.15, 0.2) is 12.1 Å². The van der Waals surface area contributed by atoms with Gasteiger partial charge in [-0.2, -0.15) is 0 Å². The monoisotopic (exact) mass is 193 g/mol. The van der Waals surface area contributed by atoms with E-state index in [0.29, 0.717) is 6.61 Å². The predicted octanol–water partition coefficient (Wildman–Crippen LogP) is 1.57. The zero-order valence-electron chi connectivity index (χ0n) is 8.38. The molecule has 2 N–H and O–H groups in total. The van der Waals surface area contributed by atoms with Crippen LogP contribution in [0.5, 0.6) is 5.75 Å². The fourth-order valence-electron chi connectivity index (χ4n) is 2.05. The molecule has 0 atom stereocenters. The Kier molecular flexibility index (Phi) is 2.70. The highest BCUT2D eigenvalue weighted by Crippen LogP contribution is 2.29. The number of hydrogen-bond acceptors (Lipinski definition) is 3. The van der Waals surface area contributed by atoms with Gasteiger partial charge in [0.25, 0.3) is 0 Å². The van der Waals surface area contributed by atoms with E-state index in [1.54, 1.807) is 7.11 Å². The van der Waals surface area contributed by atoms with Crippen LogP contribution in [0.1, 0.15) is 23.1 Å². The zero-order chi connectivity index (χ0) is 9.97. The normalized spacial score (nSPS) is 14.1. The molecule has 2 rings (SSSR count). The molecule has 0 unspecified atom stereocenters. The molecule has 1 aliphatic rings. The number of fused-ring (bicyclic) bond motifs is 1. The number of rotatable bonds is 3. The standard InChI is InChI=1S/C11H15NO2/c1-13-11-6-9-4-2-3-8(9)5-10(11)7-14-12/h5-6H,2-4,7,12H2,1H3. The predicted molar refractivity (Wildman–Crippen MR) is 54.0 cm³/mol. The molecule has 76 valence electrons. The van der Waals surface area contributed by atoms with Crippen molar-refractivity contribution in [2.45, 2.75) is 25.9 Å². The molecule has 3 nitrogen and oxygen atoms in total. The van der Waals surface area contributed by atoms with Gasteiger partial charge < -0.3 is 4.74 Å². The summed E-state index contributed by atoms with van der Waals surface area (Å²) in [4.78, 5) is 4.65. The summed E-state index contributed by atoms with van der Waals surface area (Å²) in [6, 6.07) is 4.25. The van der Waals surface area contributed by atoms with E-state index in [1.165, 1.54) is 17.5 Å². The van der Waals surface area contributed by atoms with Crippen LogP contribution in [0, 0.1) is 0 Å². The number of methoxy groups -OCH3 is 1. The lowest BCUT2D eigenvalue weighted by molar-refractivity contribution is 0.122. The highest BCUT2D eigenvalue weighted by Gasteiger charge is 2.14. The van der Waals surface area contributed by atoms with Gasteiger partial charge in [0.05, 0.1) is 13.7 Å². The smallest absolute Gasteiger partial charge is 0.124 e. The molecule has 0 bridgehead atoms. The molecule has 1 aliphatic carbocycles. The molecule has 0 aliphatic heterocycles. The minimum atomic E-state index is 0.413. The molecule has 14 heavy (non-hydrogen) atoms. The van der Waals surface area contributed by atoms with E-state index < -0.39 is 0 Å². The van der Waals surface area contributed by atoms with Gasteiger partial charge in [0.15, 0.2) is 0 Å². The van der Waals surface area contributed by atoms with E-state index in [-0.39, 0.29) is 0 Å². The Hall–Kier alpha value is -1.06. The Morgan fingerprint density at radius 2 is 2.00 bits per heavy atom. The van der Waals surface area contributed by atoms with Gasteiger partial charge in [-0.1, -0.05) is 0 Å². The summed E-state index contributed by atoms with van der Waals surface area (Å²) in [5, 5.41) is 0. The van der Waals surface area contributed by atoms with Crippen LogP contribution >= 0.6 is 0 Å². The van der Waals surface area contributed by atoms with Crippen LogP contribution in [0.4, 0.5) is 0 Å². The van der Waals surface area contributed by atoms with Gasteiger partial charge in [-0.25, -0.2) is 5.90 Å². The fraction of sp³-hybridized carbons (Fsp3) is 0.455. The largest absolute Gasteiger partial charge is 0.496 e. The van der Waals surface area contributed by atoms with E-state index in [4.69, 9.17) is 10.6 Å². The van der Waals surface area contributed by atoms with Crippen LogP contribution in [0.2, 0.25) is 0 Å². The molecule has 1 aromatic carbocycles. The summed E-state index contributed by atoms with van der Waals surface area (Å²) < 4.78 is 5.29. The maximum atomic E-state index is 5.29. The average Bonchev–Trinajstić information content (AvgIpc) is 2.64. The Morgan fingerprint density at radius 3 is 2.64 bits per heavy atom. The molecule has 0 saturated heterocycles. The molecule has 0 fully saturated rings. The summed E-state index contributed by atoms with van der Waals surface area (Å²) in [7, 11) is 1.68. The van der Waals surface area contributed by atoms with Crippen molar-refractivity contribution in [2.24, 2.45) is 5.90 Å². The number of ether oxygens (including phenoxy) is 1. The highest BCUT2D eigenvalue weighted by molar-refractivity contribution is 5.44. The lowest BCUT2D eigenvalue weighted by Gasteiger charge is -2.10. The summed E-state index contributed by atoms with van der Waals surface area (Å²) >= 11 is 0. The summed E-state index contributed by atoms with van der Waals surface area (Å²) in [6.45, 7) is 0.413. The number of hydrogen-bond donors (Lipinski definition) is 1. The second-order valence-electron chi connectivity index (χ2n) is 3.60. The minimum absolute atomic E-state index is 0.413. The first-order valence-corrected chi connectivity index (χ1v) is 4.85. The molecule has 0 aromatic heterocycles. The van der Waals surface area contributed by atoms with E-state index in [1.807, 2.05) is 0 Å². The molecule has 0 spiro atoms. The maximum absolute atomic E-state index is 5.29. The van der Waals surface area contributed by atoms with Crippen LogP contribution < -0.4 is 10.6 Å². The molecule has 0 amide bonds. The van der Waals surface area contributed by atoms with E-state index in [2.05, 4.69) is 17.0 Å². The van der Waals surface area contributed by atoms with Crippen LogP contribution in [-0.4, -0.2) is 7.11 Å². The van der Waals surface area contributed by atoms with Crippen molar-refractivity contribution in [3.05, 3.63) is 28.8 Å². The molecular formula is C11H15NO2. The Morgan fingerprint density at radius 1 is 1.29 bits per heavy atom. The van der Waals surface area contributed by atoms with Gasteiger partial charge in [0, 0.05) is 5.56 Å². The van der Waals surface area contributed by atoms with Crippen molar-refractivity contribution in [1.29, 1.82) is 0 Å². The van der Waals surface area contributed by atoms with Gasteiger partial charge in [0.2, 0.25) is 0 Å². The third-order valence-corrected chi connectivity index (χ3v) is 2.73. The first-order valence-electron chi connectivity index (χ1n) is 4.85. The van der Waals surface area contributed by atoms with Gasteiger partial charge in [-0.3, -0.25) is 4.84 Å². The maximum Gasteiger partial charge on any atom is 0.124 e. The second kappa shape index (κ2) is 3.98. The topological polar surface area (TPSA) is 44.5 Å². The summed E-state index contributed by atoms with van der Waals surface area (Å²) in [5.74, 6) is 5.96. The van der Waals surface area contributed by atoms with Gasteiger partial charge >= 0.3 is 0 Å². The Bertz CT molecular complexity index is 336. The lowest BCUT2D eigenvalue weighted by atomic mass is 10.1. The molecule has 3 heteroatoms. The zero-order valence-corrected chi connectivity index (χ0v) is 8.38. The van der Waals surface area contributed by atoms with Gasteiger partial charge in [-0.05, 0) is 42.5 Å². The first-order chi connectivity index (χ1) is 6.85. The summed E-state index contributed by atoms with van der Waals surface area (Å²) in [5.41, 5.74) is 3.86. The lowest BCUT2D eigenvalue weighted by Crippen LogP contribution is -2.02. The van der Waals surface area contributed by atoms with E-state index in [0.717, 1.165) is 24.2 Å². The quantitative estimate of drug-likeness (QED) is 0.741. The number of aryl methyl sites for hydroxylation is 2. The SMILES string of the molecule is COc1cc2c(cc1CON)CCC2. The minimum Gasteiger partial charge on any atom is -0.496 e. The van der Waals surface area contributed by atoms with Gasteiger partial charge in [0.1, 0.15) is 5.75 Å². The van der Waals surface area contributed by atoms with Crippen molar-refractivity contribution in [3.63, 3.8) is 0 Å². The molecule has 0 saturated carbocycles.